The van der Waals surface area contributed by atoms with E-state index in [9.17, 15) is 10.1 Å². The zero-order valence-corrected chi connectivity index (χ0v) is 8.95. The second-order valence-corrected chi connectivity index (χ2v) is 4.12. The molecule has 1 heterocycles. The summed E-state index contributed by atoms with van der Waals surface area (Å²) >= 11 is 3.16. The highest BCUT2D eigenvalue weighted by Gasteiger charge is 2.21. The van der Waals surface area contributed by atoms with Gasteiger partial charge in [0.1, 0.15) is 0 Å². The number of nitro benzene ring substituents is 1. The average molecular weight is 257 g/mol. The van der Waals surface area contributed by atoms with Crippen LogP contribution in [0, 0.1) is 10.1 Å². The SMILES string of the molecule is O=[N+]([O-])c1cc([C@@H]2CCN2)ccc1Br. The quantitative estimate of drug-likeness (QED) is 0.653. The lowest BCUT2D eigenvalue weighted by molar-refractivity contribution is -0.385. The van der Waals surface area contributed by atoms with Gasteiger partial charge in [0.15, 0.2) is 0 Å². The van der Waals surface area contributed by atoms with Gasteiger partial charge in [-0.25, -0.2) is 0 Å². The summed E-state index contributed by atoms with van der Waals surface area (Å²) in [6.07, 6.45) is 1.05. The molecule has 5 heteroatoms. The molecule has 1 N–H and O–H groups in total. The van der Waals surface area contributed by atoms with E-state index in [-0.39, 0.29) is 10.6 Å². The van der Waals surface area contributed by atoms with Gasteiger partial charge in [-0.2, -0.15) is 0 Å². The van der Waals surface area contributed by atoms with Crippen molar-refractivity contribution in [1.82, 2.24) is 5.32 Å². The summed E-state index contributed by atoms with van der Waals surface area (Å²) in [6.45, 7) is 0.995. The van der Waals surface area contributed by atoms with Gasteiger partial charge in [-0.1, -0.05) is 6.07 Å². The van der Waals surface area contributed by atoms with Crippen molar-refractivity contribution in [3.63, 3.8) is 0 Å². The molecule has 1 saturated heterocycles. The Morgan fingerprint density at radius 3 is 2.79 bits per heavy atom. The van der Waals surface area contributed by atoms with Crippen molar-refractivity contribution in [1.29, 1.82) is 0 Å². The van der Waals surface area contributed by atoms with E-state index in [4.69, 9.17) is 0 Å². The molecule has 1 aromatic rings. The number of halogens is 1. The van der Waals surface area contributed by atoms with E-state index in [2.05, 4.69) is 21.2 Å². The van der Waals surface area contributed by atoms with E-state index < -0.39 is 0 Å². The first kappa shape index (κ1) is 9.61. The fourth-order valence-corrected chi connectivity index (χ4v) is 1.85. The number of nitro groups is 1. The topological polar surface area (TPSA) is 55.2 Å². The largest absolute Gasteiger partial charge is 0.310 e. The van der Waals surface area contributed by atoms with Crippen molar-refractivity contribution >= 4 is 21.6 Å². The zero-order valence-electron chi connectivity index (χ0n) is 7.37. The highest BCUT2D eigenvalue weighted by atomic mass is 79.9. The monoisotopic (exact) mass is 256 g/mol. The van der Waals surface area contributed by atoms with Crippen LogP contribution in [0.5, 0.6) is 0 Å². The molecule has 1 fully saturated rings. The number of nitrogens with one attached hydrogen (secondary N) is 1. The smallest absolute Gasteiger partial charge is 0.283 e. The van der Waals surface area contributed by atoms with Gasteiger partial charge in [0.05, 0.1) is 9.40 Å². The maximum absolute atomic E-state index is 10.7. The average Bonchev–Trinajstić information content (AvgIpc) is 2.04. The molecule has 1 aliphatic heterocycles. The summed E-state index contributed by atoms with van der Waals surface area (Å²) in [5.74, 6) is 0. The molecule has 0 amide bonds. The van der Waals surface area contributed by atoms with Crippen LogP contribution in [0.3, 0.4) is 0 Å². The van der Waals surface area contributed by atoms with Crippen LogP contribution in [-0.2, 0) is 0 Å². The molecular formula is C9H9BrN2O2. The Hall–Kier alpha value is -0.940. The summed E-state index contributed by atoms with van der Waals surface area (Å²) in [7, 11) is 0. The van der Waals surface area contributed by atoms with Crippen LogP contribution in [0.15, 0.2) is 22.7 Å². The van der Waals surface area contributed by atoms with Crippen LogP contribution >= 0.6 is 15.9 Å². The number of hydrogen-bond donors (Lipinski definition) is 1. The van der Waals surface area contributed by atoms with E-state index in [0.717, 1.165) is 18.5 Å². The third kappa shape index (κ3) is 1.65. The molecule has 2 rings (SSSR count). The molecule has 0 spiro atoms. The normalized spacial score (nSPS) is 20.2. The predicted octanol–water partition coefficient (Wildman–Crippen LogP) is 2.39. The van der Waals surface area contributed by atoms with Crippen molar-refractivity contribution in [2.24, 2.45) is 0 Å². The van der Waals surface area contributed by atoms with E-state index in [1.165, 1.54) is 0 Å². The maximum atomic E-state index is 10.7. The number of hydrogen-bond acceptors (Lipinski definition) is 3. The van der Waals surface area contributed by atoms with Crippen LogP contribution in [0.1, 0.15) is 18.0 Å². The number of rotatable bonds is 2. The Balaban J connectivity index is 2.34. The first-order chi connectivity index (χ1) is 6.68. The lowest BCUT2D eigenvalue weighted by Gasteiger charge is -2.27. The van der Waals surface area contributed by atoms with Gasteiger partial charge in [0.25, 0.3) is 5.69 Å². The second kappa shape index (κ2) is 3.67. The van der Waals surface area contributed by atoms with Crippen LogP contribution in [-0.4, -0.2) is 11.5 Å². The van der Waals surface area contributed by atoms with Crippen LogP contribution in [0.25, 0.3) is 0 Å². The third-order valence-corrected chi connectivity index (χ3v) is 3.06. The van der Waals surface area contributed by atoms with Crippen molar-refractivity contribution in [3.05, 3.63) is 38.3 Å². The lowest BCUT2D eigenvalue weighted by Crippen LogP contribution is -2.34. The molecule has 1 aliphatic rings. The van der Waals surface area contributed by atoms with Crippen molar-refractivity contribution in [2.45, 2.75) is 12.5 Å². The first-order valence-electron chi connectivity index (χ1n) is 4.35. The molecule has 0 aromatic heterocycles. The number of nitrogens with zero attached hydrogens (tertiary/aromatic N) is 1. The van der Waals surface area contributed by atoms with Gasteiger partial charge >= 0.3 is 0 Å². The van der Waals surface area contributed by atoms with Gasteiger partial charge in [-0.05, 0) is 40.5 Å². The predicted molar refractivity (Wildman–Crippen MR) is 56.2 cm³/mol. The molecule has 0 saturated carbocycles. The summed E-state index contributed by atoms with van der Waals surface area (Å²) in [5.41, 5.74) is 1.13. The van der Waals surface area contributed by atoms with Gasteiger partial charge in [0, 0.05) is 12.1 Å². The van der Waals surface area contributed by atoms with Crippen molar-refractivity contribution < 1.29 is 4.92 Å². The highest BCUT2D eigenvalue weighted by molar-refractivity contribution is 9.10. The zero-order chi connectivity index (χ0) is 10.1. The minimum Gasteiger partial charge on any atom is -0.310 e. The lowest BCUT2D eigenvalue weighted by atomic mass is 9.98. The molecule has 14 heavy (non-hydrogen) atoms. The number of benzene rings is 1. The standard InChI is InChI=1S/C9H9BrN2O2/c10-7-2-1-6(8-3-4-11-8)5-9(7)12(13)14/h1-2,5,8,11H,3-4H2/t8-/m0/s1. The first-order valence-corrected chi connectivity index (χ1v) is 5.15. The minimum atomic E-state index is -0.369. The molecule has 0 unspecified atom stereocenters. The van der Waals surface area contributed by atoms with Gasteiger partial charge in [-0.3, -0.25) is 10.1 Å². The molecule has 1 aromatic carbocycles. The van der Waals surface area contributed by atoms with E-state index in [1.807, 2.05) is 6.07 Å². The Bertz CT molecular complexity index is 377. The molecule has 0 radical (unpaired) electrons. The van der Waals surface area contributed by atoms with Crippen molar-refractivity contribution in [2.75, 3.05) is 6.54 Å². The molecule has 1 atom stereocenters. The van der Waals surface area contributed by atoms with E-state index in [0.29, 0.717) is 10.5 Å². The molecule has 74 valence electrons. The van der Waals surface area contributed by atoms with Gasteiger partial charge in [0.2, 0.25) is 0 Å². The van der Waals surface area contributed by atoms with Crippen LogP contribution in [0.2, 0.25) is 0 Å². The van der Waals surface area contributed by atoms with E-state index in [1.54, 1.807) is 12.1 Å². The fourth-order valence-electron chi connectivity index (χ4n) is 1.46. The molecular weight excluding hydrogens is 248 g/mol. The summed E-state index contributed by atoms with van der Waals surface area (Å²) < 4.78 is 0.533. The Kier molecular flexibility index (Phi) is 2.52. The minimum absolute atomic E-state index is 0.135. The maximum Gasteiger partial charge on any atom is 0.283 e. The Labute approximate surface area is 89.6 Å². The van der Waals surface area contributed by atoms with Crippen molar-refractivity contribution in [3.8, 4) is 0 Å². The van der Waals surface area contributed by atoms with Crippen LogP contribution in [0.4, 0.5) is 5.69 Å². The summed E-state index contributed by atoms with van der Waals surface area (Å²) in [4.78, 5) is 10.3. The Morgan fingerprint density at radius 2 is 2.29 bits per heavy atom. The Morgan fingerprint density at radius 1 is 1.57 bits per heavy atom. The van der Waals surface area contributed by atoms with Gasteiger partial charge in [-0.15, -0.1) is 0 Å². The molecule has 4 nitrogen and oxygen atoms in total. The van der Waals surface area contributed by atoms with E-state index >= 15 is 0 Å². The summed E-state index contributed by atoms with van der Waals surface area (Å²) in [5, 5.41) is 13.9. The van der Waals surface area contributed by atoms with Crippen LogP contribution < -0.4 is 5.32 Å². The molecule has 0 aliphatic carbocycles. The molecule has 0 bridgehead atoms. The summed E-state index contributed by atoms with van der Waals surface area (Å²) in [6, 6.07) is 5.56. The fraction of sp³-hybridized carbons (Fsp3) is 0.333. The van der Waals surface area contributed by atoms with Gasteiger partial charge < -0.3 is 5.32 Å². The highest BCUT2D eigenvalue weighted by Crippen LogP contribution is 2.30. The third-order valence-electron chi connectivity index (χ3n) is 2.39. The second-order valence-electron chi connectivity index (χ2n) is 3.26.